The molecule has 0 rings (SSSR count). The molecule has 332 valence electrons. The number of nitrogens with two attached hydrogens (primary N) is 1. The molecule has 11 nitrogen and oxygen atoms in total. The fraction of sp³-hybridized carbons (Fsp3) is 0.674. The first kappa shape index (κ1) is 54.9. The lowest BCUT2D eigenvalue weighted by molar-refractivity contribution is -0.161. The lowest BCUT2D eigenvalue weighted by Crippen LogP contribution is -2.34. The van der Waals surface area contributed by atoms with Gasteiger partial charge in [-0.05, 0) is 77.0 Å². The Hall–Kier alpha value is -3.08. The maximum Gasteiger partial charge on any atom is 0.472 e. The van der Waals surface area contributed by atoms with Gasteiger partial charge in [0.15, 0.2) is 6.10 Å². The van der Waals surface area contributed by atoms with Gasteiger partial charge in [-0.3, -0.25) is 23.4 Å². The Labute approximate surface area is 350 Å². The van der Waals surface area contributed by atoms with E-state index in [-0.39, 0.29) is 19.4 Å². The van der Waals surface area contributed by atoms with Crippen LogP contribution in [0.15, 0.2) is 72.9 Å². The molecule has 1 unspecified atom stereocenters. The summed E-state index contributed by atoms with van der Waals surface area (Å²) in [5, 5.41) is 8.89. The standard InChI is InChI=1S/C46H78NO10P/c1-3-5-7-9-11-13-15-17-19-21-23-25-27-29-31-33-35-37-44(48)54-39-42(40-55-58(52,53)56-41-43(47)46(50)51)57-45(49)38-36-34-32-30-28-26-24-22-20-18-16-14-12-10-8-6-4-2/h6,8,12,14,17-20,24,26,30,32,42-43H,3-5,7,9-11,13,15-16,21-23,25,27-29,31,33-41,47H2,1-2H3,(H,50,51)(H,52,53)/b8-6-,14-12-,19-17-,20-18-,26-24-,32-30-/t42-,43+/m1/s1. The van der Waals surface area contributed by atoms with Crippen LogP contribution in [0, 0.1) is 0 Å². The Morgan fingerprint density at radius 3 is 1.52 bits per heavy atom. The molecule has 0 aliphatic rings. The van der Waals surface area contributed by atoms with Crippen molar-refractivity contribution in [1.29, 1.82) is 0 Å². The van der Waals surface area contributed by atoms with Crippen molar-refractivity contribution in [2.75, 3.05) is 19.8 Å². The molecule has 4 N–H and O–H groups in total. The number of carbonyl (C=O) groups excluding carboxylic acids is 2. The summed E-state index contributed by atoms with van der Waals surface area (Å²) >= 11 is 0. The molecule has 0 aliphatic carbocycles. The van der Waals surface area contributed by atoms with Gasteiger partial charge in [0, 0.05) is 12.8 Å². The first-order chi connectivity index (χ1) is 28.1. The monoisotopic (exact) mass is 836 g/mol. The number of phosphoric acid groups is 1. The molecule has 0 amide bonds. The summed E-state index contributed by atoms with van der Waals surface area (Å²) < 4.78 is 32.6. The van der Waals surface area contributed by atoms with Crippen LogP contribution in [-0.4, -0.2) is 59.9 Å². The predicted molar refractivity (Wildman–Crippen MR) is 235 cm³/mol. The van der Waals surface area contributed by atoms with Crippen LogP contribution < -0.4 is 5.73 Å². The highest BCUT2D eigenvalue weighted by atomic mass is 31.2. The second-order valence-corrected chi connectivity index (χ2v) is 15.9. The van der Waals surface area contributed by atoms with Gasteiger partial charge in [0.1, 0.15) is 12.6 Å². The van der Waals surface area contributed by atoms with E-state index in [4.69, 9.17) is 24.8 Å². The Bertz CT molecular complexity index is 1260. The number of hydrogen-bond donors (Lipinski definition) is 3. The van der Waals surface area contributed by atoms with Crippen molar-refractivity contribution < 1.29 is 47.5 Å². The number of rotatable bonds is 40. The minimum absolute atomic E-state index is 0.0788. The van der Waals surface area contributed by atoms with Gasteiger partial charge in [0.05, 0.1) is 13.2 Å². The molecule has 0 bridgehead atoms. The smallest absolute Gasteiger partial charge is 0.472 e. The molecule has 0 spiro atoms. The number of unbranched alkanes of at least 4 members (excludes halogenated alkanes) is 14. The number of phosphoric ester groups is 1. The summed E-state index contributed by atoms with van der Waals surface area (Å²) in [5.41, 5.74) is 5.33. The number of esters is 2. The number of carboxylic acid groups (broad SMARTS) is 1. The van der Waals surface area contributed by atoms with Crippen molar-refractivity contribution in [1.82, 2.24) is 0 Å². The minimum Gasteiger partial charge on any atom is -0.480 e. The Kier molecular flexibility index (Phi) is 38.5. The van der Waals surface area contributed by atoms with Crippen molar-refractivity contribution >= 4 is 25.7 Å². The first-order valence-corrected chi connectivity index (χ1v) is 23.5. The van der Waals surface area contributed by atoms with Gasteiger partial charge in [-0.1, -0.05) is 151 Å². The van der Waals surface area contributed by atoms with Crippen LogP contribution in [0.25, 0.3) is 0 Å². The van der Waals surface area contributed by atoms with E-state index in [1.54, 1.807) is 0 Å². The summed E-state index contributed by atoms with van der Waals surface area (Å²) in [6.07, 6.45) is 48.3. The van der Waals surface area contributed by atoms with Crippen LogP contribution in [-0.2, 0) is 37.5 Å². The van der Waals surface area contributed by atoms with Gasteiger partial charge < -0.3 is 25.2 Å². The topological polar surface area (TPSA) is 172 Å². The van der Waals surface area contributed by atoms with Crippen LogP contribution in [0.3, 0.4) is 0 Å². The maximum absolute atomic E-state index is 12.6. The molecule has 0 saturated heterocycles. The van der Waals surface area contributed by atoms with E-state index in [1.807, 2.05) is 12.2 Å². The predicted octanol–water partition coefficient (Wildman–Crippen LogP) is 11.7. The lowest BCUT2D eigenvalue weighted by Gasteiger charge is -2.20. The fourth-order valence-corrected chi connectivity index (χ4v) is 6.28. The van der Waals surface area contributed by atoms with Crippen LogP contribution in [0.1, 0.15) is 168 Å². The molecular weight excluding hydrogens is 757 g/mol. The summed E-state index contributed by atoms with van der Waals surface area (Å²) in [6, 6.07) is -1.53. The van der Waals surface area contributed by atoms with E-state index in [0.717, 1.165) is 57.8 Å². The third kappa shape index (κ3) is 39.7. The number of carboxylic acids is 1. The molecule has 58 heavy (non-hydrogen) atoms. The molecule has 0 aromatic rings. The second-order valence-electron chi connectivity index (χ2n) is 14.4. The van der Waals surface area contributed by atoms with Crippen molar-refractivity contribution in [3.8, 4) is 0 Å². The summed E-state index contributed by atoms with van der Waals surface area (Å²) in [6.45, 7) is 2.61. The molecule has 3 atom stereocenters. The van der Waals surface area contributed by atoms with Crippen molar-refractivity contribution in [2.45, 2.75) is 180 Å². The van der Waals surface area contributed by atoms with E-state index in [9.17, 15) is 23.8 Å². The van der Waals surface area contributed by atoms with Crippen molar-refractivity contribution in [2.24, 2.45) is 5.73 Å². The van der Waals surface area contributed by atoms with Gasteiger partial charge in [0.25, 0.3) is 0 Å². The molecular formula is C46H78NO10P. The molecule has 0 fully saturated rings. The van der Waals surface area contributed by atoms with E-state index in [2.05, 4.69) is 79.1 Å². The van der Waals surface area contributed by atoms with E-state index < -0.39 is 51.1 Å². The summed E-state index contributed by atoms with van der Waals surface area (Å²) in [5.74, 6) is -2.47. The molecule has 0 aromatic carbocycles. The van der Waals surface area contributed by atoms with E-state index in [0.29, 0.717) is 19.3 Å². The van der Waals surface area contributed by atoms with Gasteiger partial charge in [-0.15, -0.1) is 0 Å². The fourth-order valence-electron chi connectivity index (χ4n) is 5.51. The highest BCUT2D eigenvalue weighted by Gasteiger charge is 2.28. The number of aliphatic carboxylic acids is 1. The molecule has 12 heteroatoms. The van der Waals surface area contributed by atoms with Crippen LogP contribution in [0.2, 0.25) is 0 Å². The normalized spacial score (nSPS) is 14.4. The second kappa shape index (κ2) is 40.7. The average Bonchev–Trinajstić information content (AvgIpc) is 3.20. The summed E-state index contributed by atoms with van der Waals surface area (Å²) in [4.78, 5) is 45.9. The average molecular weight is 836 g/mol. The Balaban J connectivity index is 4.47. The van der Waals surface area contributed by atoms with Crippen LogP contribution in [0.5, 0.6) is 0 Å². The van der Waals surface area contributed by atoms with Crippen LogP contribution in [0.4, 0.5) is 0 Å². The third-order valence-corrected chi connectivity index (χ3v) is 9.89. The first-order valence-electron chi connectivity index (χ1n) is 22.0. The van der Waals surface area contributed by atoms with Gasteiger partial charge >= 0.3 is 25.7 Å². The SMILES string of the molecule is CC/C=C\C/C=C\C/C=C\C/C=C\C/C=C\CCCC(=O)O[C@H](COC(=O)CCCCCCCCC/C=C\CCCCCCCC)COP(=O)(O)OC[C@H](N)C(=O)O. The largest absolute Gasteiger partial charge is 0.480 e. The number of ether oxygens (including phenoxy) is 2. The molecule has 0 radical (unpaired) electrons. The molecule has 0 saturated carbocycles. The molecule has 0 aromatic heterocycles. The zero-order valence-corrected chi connectivity index (χ0v) is 36.8. The Morgan fingerprint density at radius 2 is 0.983 bits per heavy atom. The quantitative estimate of drug-likeness (QED) is 0.0232. The van der Waals surface area contributed by atoms with Gasteiger partial charge in [-0.25, -0.2) is 4.57 Å². The highest BCUT2D eigenvalue weighted by Crippen LogP contribution is 2.43. The number of allylic oxidation sites excluding steroid dienone is 12. The van der Waals surface area contributed by atoms with Crippen LogP contribution >= 0.6 is 7.82 Å². The Morgan fingerprint density at radius 1 is 0.552 bits per heavy atom. The van der Waals surface area contributed by atoms with E-state index >= 15 is 0 Å². The highest BCUT2D eigenvalue weighted by molar-refractivity contribution is 7.47. The lowest BCUT2D eigenvalue weighted by atomic mass is 10.1. The zero-order chi connectivity index (χ0) is 42.8. The summed E-state index contributed by atoms with van der Waals surface area (Å²) in [7, 11) is -4.74. The maximum atomic E-state index is 12.6. The van der Waals surface area contributed by atoms with Gasteiger partial charge in [-0.2, -0.15) is 0 Å². The zero-order valence-electron chi connectivity index (χ0n) is 35.9. The molecule has 0 heterocycles. The molecule has 0 aliphatic heterocycles. The minimum atomic E-state index is -4.74. The van der Waals surface area contributed by atoms with Crippen molar-refractivity contribution in [3.05, 3.63) is 72.9 Å². The van der Waals surface area contributed by atoms with Gasteiger partial charge in [0.2, 0.25) is 0 Å². The third-order valence-electron chi connectivity index (χ3n) is 8.94. The number of carbonyl (C=O) groups is 3. The van der Waals surface area contributed by atoms with E-state index in [1.165, 1.54) is 64.2 Å². The van der Waals surface area contributed by atoms with Crippen molar-refractivity contribution in [3.63, 3.8) is 0 Å². The number of hydrogen-bond acceptors (Lipinski definition) is 9.